The molecule has 1 N–H and O–H groups in total. The van der Waals surface area contributed by atoms with Crippen molar-refractivity contribution in [3.05, 3.63) is 56.3 Å². The summed E-state index contributed by atoms with van der Waals surface area (Å²) in [6.45, 7) is 2.14. The van der Waals surface area contributed by atoms with Crippen LogP contribution in [-0.2, 0) is 0 Å². The van der Waals surface area contributed by atoms with Gasteiger partial charge in [0.25, 0.3) is 0 Å². The summed E-state index contributed by atoms with van der Waals surface area (Å²) >= 11 is 5.81. The third-order valence-electron chi connectivity index (χ3n) is 2.51. The van der Waals surface area contributed by atoms with E-state index >= 15 is 0 Å². The van der Waals surface area contributed by atoms with Crippen molar-refractivity contribution >= 4 is 44.2 Å². The number of pyridine rings is 1. The monoisotopic (exact) mass is 402 g/mol. The van der Waals surface area contributed by atoms with Crippen LogP contribution in [0.3, 0.4) is 0 Å². The Morgan fingerprint density at radius 2 is 1.94 bits per heavy atom. The van der Waals surface area contributed by atoms with Crippen molar-refractivity contribution in [2.24, 2.45) is 0 Å². The molecule has 2 aromatic rings. The molecule has 17 heavy (non-hydrogen) atoms. The van der Waals surface area contributed by atoms with Crippen molar-refractivity contribution < 1.29 is 0 Å². The van der Waals surface area contributed by atoms with Crippen LogP contribution in [0.1, 0.15) is 18.5 Å². The zero-order valence-electron chi connectivity index (χ0n) is 9.32. The van der Waals surface area contributed by atoms with Gasteiger partial charge >= 0.3 is 0 Å². The van der Waals surface area contributed by atoms with Crippen LogP contribution in [0, 0.1) is 3.57 Å². The second kappa shape index (κ2) is 5.82. The van der Waals surface area contributed by atoms with Crippen molar-refractivity contribution in [1.29, 1.82) is 0 Å². The molecule has 0 aliphatic heterocycles. The van der Waals surface area contributed by atoms with Crippen molar-refractivity contribution in [3.8, 4) is 0 Å². The summed E-state index contributed by atoms with van der Waals surface area (Å²) < 4.78 is 2.33. The van der Waals surface area contributed by atoms with Gasteiger partial charge in [-0.25, -0.2) is 0 Å². The van der Waals surface area contributed by atoms with Gasteiger partial charge in [-0.05, 0) is 81.3 Å². The second-order valence-electron chi connectivity index (χ2n) is 3.78. The SMILES string of the molecule is CC(Nc1ccc(Br)c(I)c1)c1ccncc1. The van der Waals surface area contributed by atoms with Crippen LogP contribution in [-0.4, -0.2) is 4.98 Å². The smallest absolute Gasteiger partial charge is 0.0486 e. The van der Waals surface area contributed by atoms with E-state index in [0.717, 1.165) is 10.2 Å². The molecular weight excluding hydrogens is 391 g/mol. The average Bonchev–Trinajstić information content (AvgIpc) is 2.35. The van der Waals surface area contributed by atoms with Crippen LogP contribution < -0.4 is 5.32 Å². The number of aromatic nitrogens is 1. The minimum absolute atomic E-state index is 0.273. The van der Waals surface area contributed by atoms with E-state index in [4.69, 9.17) is 0 Å². The lowest BCUT2D eigenvalue weighted by Crippen LogP contribution is -2.06. The Morgan fingerprint density at radius 3 is 2.59 bits per heavy atom. The lowest BCUT2D eigenvalue weighted by Gasteiger charge is -2.15. The fourth-order valence-electron chi connectivity index (χ4n) is 1.57. The predicted molar refractivity (Wildman–Crippen MR) is 83.1 cm³/mol. The standard InChI is InChI=1S/C13H12BrIN2/c1-9(10-4-6-16-7-5-10)17-11-2-3-12(14)13(15)8-11/h2-9,17H,1H3. The van der Waals surface area contributed by atoms with Gasteiger partial charge in [0.2, 0.25) is 0 Å². The molecule has 0 radical (unpaired) electrons. The third kappa shape index (κ3) is 3.42. The quantitative estimate of drug-likeness (QED) is 0.757. The Bertz CT molecular complexity index is 502. The number of benzene rings is 1. The predicted octanol–water partition coefficient (Wildman–Crippen LogP) is 4.62. The van der Waals surface area contributed by atoms with Crippen LogP contribution in [0.2, 0.25) is 0 Å². The lowest BCUT2D eigenvalue weighted by atomic mass is 10.1. The Kier molecular flexibility index (Phi) is 4.39. The summed E-state index contributed by atoms with van der Waals surface area (Å²) in [5.41, 5.74) is 2.36. The van der Waals surface area contributed by atoms with Gasteiger partial charge in [0.1, 0.15) is 0 Å². The molecule has 2 rings (SSSR count). The lowest BCUT2D eigenvalue weighted by molar-refractivity contribution is 0.880. The summed E-state index contributed by atoms with van der Waals surface area (Å²) in [6, 6.07) is 10.6. The van der Waals surface area contributed by atoms with E-state index in [2.05, 4.69) is 73.9 Å². The molecule has 1 unspecified atom stereocenters. The fraction of sp³-hybridized carbons (Fsp3) is 0.154. The van der Waals surface area contributed by atoms with E-state index in [0.29, 0.717) is 0 Å². The molecule has 0 saturated heterocycles. The highest BCUT2D eigenvalue weighted by atomic mass is 127. The van der Waals surface area contributed by atoms with E-state index in [1.54, 1.807) is 0 Å². The molecule has 0 aliphatic carbocycles. The summed E-state index contributed by atoms with van der Waals surface area (Å²) in [6.07, 6.45) is 3.64. The molecule has 0 fully saturated rings. The van der Waals surface area contributed by atoms with Gasteiger partial charge < -0.3 is 5.32 Å². The first-order valence-corrected chi connectivity index (χ1v) is 7.15. The normalized spacial score (nSPS) is 12.2. The maximum Gasteiger partial charge on any atom is 0.0486 e. The Labute approximate surface area is 123 Å². The number of nitrogens with zero attached hydrogens (tertiary/aromatic N) is 1. The highest BCUT2D eigenvalue weighted by molar-refractivity contribution is 14.1. The third-order valence-corrected chi connectivity index (χ3v) is 4.83. The van der Waals surface area contributed by atoms with Gasteiger partial charge in [-0.3, -0.25) is 4.98 Å². The number of hydrogen-bond acceptors (Lipinski definition) is 2. The Hall–Kier alpha value is -0.620. The maximum absolute atomic E-state index is 4.03. The Balaban J connectivity index is 2.13. The molecule has 0 amide bonds. The molecule has 4 heteroatoms. The number of nitrogens with one attached hydrogen (secondary N) is 1. The van der Waals surface area contributed by atoms with E-state index in [1.165, 1.54) is 9.13 Å². The summed E-state index contributed by atoms with van der Waals surface area (Å²) in [5, 5.41) is 3.47. The van der Waals surface area contributed by atoms with Crippen LogP contribution in [0.25, 0.3) is 0 Å². The minimum atomic E-state index is 0.273. The molecule has 2 nitrogen and oxygen atoms in total. The minimum Gasteiger partial charge on any atom is -0.378 e. The summed E-state index contributed by atoms with van der Waals surface area (Å²) in [5.74, 6) is 0. The number of anilines is 1. The van der Waals surface area contributed by atoms with Crippen molar-refractivity contribution in [3.63, 3.8) is 0 Å². The van der Waals surface area contributed by atoms with Gasteiger partial charge in [-0.1, -0.05) is 0 Å². The fourth-order valence-corrected chi connectivity index (χ4v) is 2.33. The average molecular weight is 403 g/mol. The summed E-state index contributed by atoms with van der Waals surface area (Å²) in [4.78, 5) is 4.03. The molecule has 1 aromatic heterocycles. The summed E-state index contributed by atoms with van der Waals surface area (Å²) in [7, 11) is 0. The molecule has 1 atom stereocenters. The molecule has 1 aromatic carbocycles. The van der Waals surface area contributed by atoms with Crippen LogP contribution in [0.4, 0.5) is 5.69 Å². The number of rotatable bonds is 3. The van der Waals surface area contributed by atoms with Gasteiger partial charge in [0.05, 0.1) is 0 Å². The van der Waals surface area contributed by atoms with Gasteiger partial charge in [0, 0.05) is 32.2 Å². The first-order chi connectivity index (χ1) is 8.16. The number of hydrogen-bond donors (Lipinski definition) is 1. The largest absolute Gasteiger partial charge is 0.378 e. The highest BCUT2D eigenvalue weighted by Gasteiger charge is 2.05. The molecular formula is C13H12BrIN2. The topological polar surface area (TPSA) is 24.9 Å². The first-order valence-electron chi connectivity index (χ1n) is 5.28. The maximum atomic E-state index is 4.03. The molecule has 0 saturated carbocycles. The van der Waals surface area contributed by atoms with E-state index in [1.807, 2.05) is 24.5 Å². The van der Waals surface area contributed by atoms with Gasteiger partial charge in [0.15, 0.2) is 0 Å². The van der Waals surface area contributed by atoms with Crippen molar-refractivity contribution in [2.75, 3.05) is 5.32 Å². The molecule has 88 valence electrons. The van der Waals surface area contributed by atoms with Gasteiger partial charge in [-0.15, -0.1) is 0 Å². The Morgan fingerprint density at radius 1 is 1.24 bits per heavy atom. The zero-order chi connectivity index (χ0) is 12.3. The van der Waals surface area contributed by atoms with Crippen LogP contribution in [0.15, 0.2) is 47.2 Å². The zero-order valence-corrected chi connectivity index (χ0v) is 13.1. The van der Waals surface area contributed by atoms with Crippen molar-refractivity contribution in [1.82, 2.24) is 4.98 Å². The molecule has 0 spiro atoms. The van der Waals surface area contributed by atoms with Crippen LogP contribution in [0.5, 0.6) is 0 Å². The number of halogens is 2. The van der Waals surface area contributed by atoms with E-state index < -0.39 is 0 Å². The van der Waals surface area contributed by atoms with E-state index in [9.17, 15) is 0 Å². The molecule has 0 bridgehead atoms. The van der Waals surface area contributed by atoms with Crippen molar-refractivity contribution in [2.45, 2.75) is 13.0 Å². The van der Waals surface area contributed by atoms with Crippen LogP contribution >= 0.6 is 38.5 Å². The first kappa shape index (κ1) is 12.8. The highest BCUT2D eigenvalue weighted by Crippen LogP contribution is 2.25. The van der Waals surface area contributed by atoms with Gasteiger partial charge in [-0.2, -0.15) is 0 Å². The van der Waals surface area contributed by atoms with E-state index in [-0.39, 0.29) is 6.04 Å². The second-order valence-corrected chi connectivity index (χ2v) is 5.79. The molecule has 1 heterocycles. The molecule has 0 aliphatic rings.